The highest BCUT2D eigenvalue weighted by atomic mass is 16.1. The lowest BCUT2D eigenvalue weighted by Crippen LogP contribution is -2.41. The molecule has 0 aliphatic heterocycles. The lowest BCUT2D eigenvalue weighted by Gasteiger charge is -2.30. The molecule has 2 atom stereocenters. The van der Waals surface area contributed by atoms with Crippen molar-refractivity contribution in [2.75, 3.05) is 5.32 Å². The van der Waals surface area contributed by atoms with Crippen molar-refractivity contribution in [3.05, 3.63) is 47.3 Å². The lowest BCUT2D eigenvalue weighted by atomic mass is 9.91. The maximum Gasteiger partial charge on any atom is 0.272 e. The molecule has 120 valence electrons. The van der Waals surface area contributed by atoms with Crippen molar-refractivity contribution in [1.82, 2.24) is 15.5 Å². The van der Waals surface area contributed by atoms with Crippen LogP contribution in [0.4, 0.5) is 5.82 Å². The Kier molecular flexibility index (Phi) is 4.41. The highest BCUT2D eigenvalue weighted by molar-refractivity contribution is 5.90. The van der Waals surface area contributed by atoms with E-state index < -0.39 is 0 Å². The van der Waals surface area contributed by atoms with E-state index in [0.29, 0.717) is 11.2 Å². The molecule has 1 aliphatic carbocycles. The number of carbonyl (C=O) groups is 1. The van der Waals surface area contributed by atoms with Crippen LogP contribution in [0, 0.1) is 0 Å². The van der Waals surface area contributed by atoms with Gasteiger partial charge in [0.1, 0.15) is 0 Å². The summed E-state index contributed by atoms with van der Waals surface area (Å²) in [5, 5.41) is 14.5. The first kappa shape index (κ1) is 15.3. The van der Waals surface area contributed by atoms with Crippen LogP contribution < -0.4 is 16.2 Å². The Hall–Kier alpha value is -2.63. The van der Waals surface area contributed by atoms with Crippen LogP contribution in [0.15, 0.2) is 41.7 Å². The highest BCUT2D eigenvalue weighted by Gasteiger charge is 2.23. The molecule has 2 aromatic rings. The van der Waals surface area contributed by atoms with Crippen LogP contribution >= 0.6 is 0 Å². The van der Waals surface area contributed by atoms with Crippen molar-refractivity contribution in [2.45, 2.75) is 37.8 Å². The normalized spacial score (nSPS) is 20.9. The van der Waals surface area contributed by atoms with E-state index in [-0.39, 0.29) is 23.6 Å². The van der Waals surface area contributed by atoms with Gasteiger partial charge in [-0.1, -0.05) is 24.8 Å². The van der Waals surface area contributed by atoms with Gasteiger partial charge in [0.05, 0.1) is 5.39 Å². The molecular weight excluding hydrogens is 292 g/mol. The number of carbonyl (C=O) groups excluding carboxylic acids is 1. The van der Waals surface area contributed by atoms with Crippen LogP contribution in [0.3, 0.4) is 0 Å². The number of rotatable bonds is 4. The largest absolute Gasteiger partial charge is 0.365 e. The van der Waals surface area contributed by atoms with Gasteiger partial charge in [0.25, 0.3) is 5.56 Å². The number of nitrogens with zero attached hydrogens (tertiary/aromatic N) is 1. The Bertz CT molecular complexity index is 784. The number of aromatic nitrogens is 2. The summed E-state index contributed by atoms with van der Waals surface area (Å²) in [6.45, 7) is 3.48. The molecular formula is C17H20N4O2. The average molecular weight is 312 g/mol. The quantitative estimate of drug-likeness (QED) is 0.753. The molecule has 3 N–H and O–H groups in total. The first-order chi connectivity index (χ1) is 11.2. The second kappa shape index (κ2) is 6.64. The highest BCUT2D eigenvalue weighted by Crippen LogP contribution is 2.24. The van der Waals surface area contributed by atoms with E-state index in [1.165, 1.54) is 6.08 Å². The summed E-state index contributed by atoms with van der Waals surface area (Å²) in [6.07, 6.45) is 5.14. The minimum absolute atomic E-state index is 0.136. The van der Waals surface area contributed by atoms with E-state index >= 15 is 0 Å². The number of benzene rings is 1. The van der Waals surface area contributed by atoms with Gasteiger partial charge < -0.3 is 10.6 Å². The van der Waals surface area contributed by atoms with Crippen LogP contribution in [0.25, 0.3) is 10.8 Å². The number of hydrogen-bond acceptors (Lipinski definition) is 4. The van der Waals surface area contributed by atoms with Gasteiger partial charge in [-0.3, -0.25) is 9.59 Å². The van der Waals surface area contributed by atoms with E-state index in [0.717, 1.165) is 31.1 Å². The van der Waals surface area contributed by atoms with E-state index in [9.17, 15) is 9.59 Å². The fourth-order valence-corrected chi connectivity index (χ4v) is 3.13. The molecule has 0 radical (unpaired) electrons. The molecule has 1 heterocycles. The summed E-state index contributed by atoms with van der Waals surface area (Å²) < 4.78 is 0. The predicted octanol–water partition coefficient (Wildman–Crippen LogP) is 1.95. The number of aromatic amines is 1. The van der Waals surface area contributed by atoms with E-state index in [4.69, 9.17) is 0 Å². The van der Waals surface area contributed by atoms with Gasteiger partial charge in [0.15, 0.2) is 5.82 Å². The van der Waals surface area contributed by atoms with Gasteiger partial charge >= 0.3 is 0 Å². The Morgan fingerprint density at radius 1 is 1.26 bits per heavy atom. The average Bonchev–Trinajstić information content (AvgIpc) is 2.58. The second-order valence-corrected chi connectivity index (χ2v) is 5.86. The molecule has 1 aromatic carbocycles. The zero-order valence-corrected chi connectivity index (χ0v) is 12.8. The van der Waals surface area contributed by atoms with Crippen molar-refractivity contribution in [3.63, 3.8) is 0 Å². The van der Waals surface area contributed by atoms with Crippen LogP contribution in [-0.2, 0) is 4.79 Å². The lowest BCUT2D eigenvalue weighted by molar-refractivity contribution is -0.117. The summed E-state index contributed by atoms with van der Waals surface area (Å²) in [7, 11) is 0. The number of nitrogens with one attached hydrogen (secondary N) is 3. The SMILES string of the molecule is C=CC(=O)NC1CCCC(Nc2n[nH]c(=O)c3ccccc23)C1. The topological polar surface area (TPSA) is 86.9 Å². The molecule has 1 fully saturated rings. The van der Waals surface area contributed by atoms with Gasteiger partial charge in [-0.05, 0) is 37.8 Å². The summed E-state index contributed by atoms with van der Waals surface area (Å²) in [4.78, 5) is 23.3. The fourth-order valence-electron chi connectivity index (χ4n) is 3.13. The first-order valence-corrected chi connectivity index (χ1v) is 7.84. The molecule has 0 saturated heterocycles. The third-order valence-electron chi connectivity index (χ3n) is 4.24. The fraction of sp³-hybridized carbons (Fsp3) is 0.353. The Balaban J connectivity index is 1.77. The Morgan fingerprint density at radius 2 is 2.00 bits per heavy atom. The maximum absolute atomic E-state index is 11.8. The molecule has 1 amide bonds. The summed E-state index contributed by atoms with van der Waals surface area (Å²) in [6, 6.07) is 7.75. The zero-order valence-electron chi connectivity index (χ0n) is 12.8. The zero-order chi connectivity index (χ0) is 16.2. The van der Waals surface area contributed by atoms with Gasteiger partial charge in [0.2, 0.25) is 5.91 Å². The van der Waals surface area contributed by atoms with Crippen molar-refractivity contribution < 1.29 is 4.79 Å². The maximum atomic E-state index is 11.8. The van der Waals surface area contributed by atoms with Gasteiger partial charge in [-0.25, -0.2) is 5.10 Å². The molecule has 23 heavy (non-hydrogen) atoms. The van der Waals surface area contributed by atoms with Gasteiger partial charge in [0, 0.05) is 17.5 Å². The smallest absolute Gasteiger partial charge is 0.272 e. The van der Waals surface area contributed by atoms with Gasteiger partial charge in [-0.15, -0.1) is 0 Å². The van der Waals surface area contributed by atoms with Crippen molar-refractivity contribution in [3.8, 4) is 0 Å². The Morgan fingerprint density at radius 3 is 2.78 bits per heavy atom. The van der Waals surface area contributed by atoms with E-state index in [1.807, 2.05) is 18.2 Å². The van der Waals surface area contributed by atoms with E-state index in [1.54, 1.807) is 6.07 Å². The Labute approximate surface area is 134 Å². The predicted molar refractivity (Wildman–Crippen MR) is 90.4 cm³/mol. The molecule has 6 heteroatoms. The second-order valence-electron chi connectivity index (χ2n) is 5.86. The van der Waals surface area contributed by atoms with Crippen LogP contribution in [0.1, 0.15) is 25.7 Å². The summed E-state index contributed by atoms with van der Waals surface area (Å²) in [5.41, 5.74) is -0.189. The number of amides is 1. The third kappa shape index (κ3) is 3.41. The monoisotopic (exact) mass is 312 g/mol. The molecule has 1 aliphatic rings. The van der Waals surface area contributed by atoms with Crippen molar-refractivity contribution in [1.29, 1.82) is 0 Å². The van der Waals surface area contributed by atoms with E-state index in [2.05, 4.69) is 27.4 Å². The number of H-pyrrole nitrogens is 1. The molecule has 2 unspecified atom stereocenters. The molecule has 1 aromatic heterocycles. The molecule has 6 nitrogen and oxygen atoms in total. The molecule has 1 saturated carbocycles. The number of fused-ring (bicyclic) bond motifs is 1. The molecule has 0 bridgehead atoms. The molecule has 0 spiro atoms. The van der Waals surface area contributed by atoms with Crippen molar-refractivity contribution >= 4 is 22.5 Å². The van der Waals surface area contributed by atoms with Gasteiger partial charge in [-0.2, -0.15) is 5.10 Å². The van der Waals surface area contributed by atoms with Crippen molar-refractivity contribution in [2.24, 2.45) is 0 Å². The van der Waals surface area contributed by atoms with Crippen LogP contribution in [0.2, 0.25) is 0 Å². The standard InChI is InChI=1S/C17H20N4O2/c1-2-15(22)18-11-6-5-7-12(10-11)19-16-13-8-3-4-9-14(13)17(23)21-20-16/h2-4,8-9,11-12H,1,5-7,10H2,(H,18,22)(H,19,20)(H,21,23). The minimum atomic E-state index is -0.189. The summed E-state index contributed by atoms with van der Waals surface area (Å²) >= 11 is 0. The van der Waals surface area contributed by atoms with Crippen LogP contribution in [-0.4, -0.2) is 28.2 Å². The van der Waals surface area contributed by atoms with Crippen LogP contribution in [0.5, 0.6) is 0 Å². The minimum Gasteiger partial charge on any atom is -0.365 e. The number of hydrogen-bond donors (Lipinski definition) is 3. The molecule has 3 rings (SSSR count). The summed E-state index contributed by atoms with van der Waals surface area (Å²) in [5.74, 6) is 0.546. The number of anilines is 1. The third-order valence-corrected chi connectivity index (χ3v) is 4.24. The first-order valence-electron chi connectivity index (χ1n) is 7.84.